The second-order valence-electron chi connectivity index (χ2n) is 7.23. The van der Waals surface area contributed by atoms with Gasteiger partial charge in [0.2, 0.25) is 0 Å². The van der Waals surface area contributed by atoms with Crippen LogP contribution in [0.15, 0.2) is 36.7 Å². The summed E-state index contributed by atoms with van der Waals surface area (Å²) in [5, 5.41) is 1.26. The number of piperazine rings is 1. The summed E-state index contributed by atoms with van der Waals surface area (Å²) >= 11 is 1.84. The molecule has 138 valence electrons. The lowest BCUT2D eigenvalue weighted by Gasteiger charge is -2.35. The van der Waals surface area contributed by atoms with Crippen molar-refractivity contribution in [1.29, 1.82) is 0 Å². The molecule has 0 N–H and O–H groups in total. The van der Waals surface area contributed by atoms with Gasteiger partial charge in [-0.2, -0.15) is 0 Å². The fourth-order valence-electron chi connectivity index (χ4n) is 4.20. The lowest BCUT2D eigenvalue weighted by molar-refractivity contribution is 0.0746. The topological polar surface area (TPSA) is 49.3 Å². The number of carbonyl (C=O) groups excluding carboxylic acids is 1. The molecule has 2 aromatic heterocycles. The summed E-state index contributed by atoms with van der Waals surface area (Å²) in [6.45, 7) is 3.09. The summed E-state index contributed by atoms with van der Waals surface area (Å²) in [6.07, 6.45) is 6.55. The normalized spacial score (nSPS) is 17.2. The Hall–Kier alpha value is -2.47. The predicted octanol–water partition coefficient (Wildman–Crippen LogP) is 3.53. The van der Waals surface area contributed by atoms with Crippen LogP contribution in [0.25, 0.3) is 10.2 Å². The summed E-state index contributed by atoms with van der Waals surface area (Å²) in [5.74, 6) is 1.18. The van der Waals surface area contributed by atoms with Crippen LogP contribution in [0.3, 0.4) is 0 Å². The summed E-state index contributed by atoms with van der Waals surface area (Å²) in [6, 6.07) is 9.55. The Morgan fingerprint density at radius 2 is 1.74 bits per heavy atom. The second kappa shape index (κ2) is 6.93. The smallest absolute Gasteiger partial charge is 0.253 e. The first-order chi connectivity index (χ1) is 13.3. The van der Waals surface area contributed by atoms with Gasteiger partial charge < -0.3 is 9.80 Å². The van der Waals surface area contributed by atoms with Crippen molar-refractivity contribution in [2.75, 3.05) is 31.1 Å². The molecule has 1 amide bonds. The van der Waals surface area contributed by atoms with Crippen LogP contribution in [0.2, 0.25) is 0 Å². The van der Waals surface area contributed by atoms with Crippen molar-refractivity contribution in [2.24, 2.45) is 0 Å². The van der Waals surface area contributed by atoms with Crippen molar-refractivity contribution < 1.29 is 4.79 Å². The summed E-state index contributed by atoms with van der Waals surface area (Å²) in [5.41, 5.74) is 2.24. The molecule has 27 heavy (non-hydrogen) atoms. The number of nitrogens with zero attached hydrogens (tertiary/aromatic N) is 4. The lowest BCUT2D eigenvalue weighted by Crippen LogP contribution is -2.49. The molecule has 0 unspecified atom stereocenters. The van der Waals surface area contributed by atoms with Crippen molar-refractivity contribution >= 4 is 33.3 Å². The molecule has 1 aliphatic carbocycles. The van der Waals surface area contributed by atoms with E-state index in [2.05, 4.69) is 14.9 Å². The predicted molar refractivity (Wildman–Crippen MR) is 109 cm³/mol. The summed E-state index contributed by atoms with van der Waals surface area (Å²) in [4.78, 5) is 28.8. The number of thiophene rings is 1. The molecule has 0 radical (unpaired) electrons. The standard InChI is InChI=1S/C21H22N4OS/c26-21(15-6-2-1-3-7-15)25-12-10-24(11-13-25)19-18-16-8-4-5-9-17(16)27-20(18)23-14-22-19/h1-3,6-7,14H,4-5,8-13H2. The van der Waals surface area contributed by atoms with E-state index in [1.807, 2.05) is 46.6 Å². The molecule has 1 fully saturated rings. The molecule has 3 heterocycles. The van der Waals surface area contributed by atoms with Crippen molar-refractivity contribution in [2.45, 2.75) is 25.7 Å². The van der Waals surface area contributed by atoms with Crippen LogP contribution >= 0.6 is 11.3 Å². The highest BCUT2D eigenvalue weighted by Crippen LogP contribution is 2.39. The number of benzene rings is 1. The fourth-order valence-corrected chi connectivity index (χ4v) is 5.42. The van der Waals surface area contributed by atoms with Gasteiger partial charge >= 0.3 is 0 Å². The van der Waals surface area contributed by atoms with Crippen LogP contribution < -0.4 is 4.90 Å². The minimum Gasteiger partial charge on any atom is -0.352 e. The lowest BCUT2D eigenvalue weighted by atomic mass is 9.97. The first kappa shape index (κ1) is 16.7. The van der Waals surface area contributed by atoms with Crippen molar-refractivity contribution in [3.63, 3.8) is 0 Å². The van der Waals surface area contributed by atoms with E-state index in [4.69, 9.17) is 0 Å². The zero-order valence-electron chi connectivity index (χ0n) is 15.2. The molecule has 0 saturated carbocycles. The average molecular weight is 379 g/mol. The molecule has 3 aromatic rings. The maximum atomic E-state index is 12.7. The van der Waals surface area contributed by atoms with E-state index in [9.17, 15) is 4.79 Å². The van der Waals surface area contributed by atoms with Gasteiger partial charge in [-0.05, 0) is 43.4 Å². The number of fused-ring (bicyclic) bond motifs is 3. The fraction of sp³-hybridized carbons (Fsp3) is 0.381. The number of aromatic nitrogens is 2. The van der Waals surface area contributed by atoms with E-state index >= 15 is 0 Å². The molecule has 0 spiro atoms. The molecule has 0 bridgehead atoms. The van der Waals surface area contributed by atoms with Crippen LogP contribution in [0, 0.1) is 0 Å². The van der Waals surface area contributed by atoms with Crippen LogP contribution in [-0.4, -0.2) is 47.0 Å². The molecule has 5 rings (SSSR count). The SMILES string of the molecule is O=C(c1ccccc1)N1CCN(c2ncnc3sc4c(c23)CCCC4)CC1. The van der Waals surface area contributed by atoms with Crippen LogP contribution in [-0.2, 0) is 12.8 Å². The molecule has 0 atom stereocenters. The number of anilines is 1. The Labute approximate surface area is 162 Å². The Kier molecular flexibility index (Phi) is 4.28. The van der Waals surface area contributed by atoms with Gasteiger partial charge in [-0.25, -0.2) is 9.97 Å². The first-order valence-corrected chi connectivity index (χ1v) is 10.5. The third-order valence-electron chi connectivity index (χ3n) is 5.62. The number of amides is 1. The third-order valence-corrected chi connectivity index (χ3v) is 6.82. The first-order valence-electron chi connectivity index (χ1n) is 9.66. The van der Waals surface area contributed by atoms with Gasteiger partial charge in [0.15, 0.2) is 0 Å². The molecule has 5 nitrogen and oxygen atoms in total. The molecule has 1 aliphatic heterocycles. The van der Waals surface area contributed by atoms with Gasteiger partial charge in [0.1, 0.15) is 17.0 Å². The monoisotopic (exact) mass is 378 g/mol. The van der Waals surface area contributed by atoms with E-state index in [0.29, 0.717) is 0 Å². The van der Waals surface area contributed by atoms with Gasteiger partial charge in [0.05, 0.1) is 5.39 Å². The van der Waals surface area contributed by atoms with Gasteiger partial charge in [-0.15, -0.1) is 11.3 Å². The zero-order chi connectivity index (χ0) is 18.2. The molecule has 1 saturated heterocycles. The van der Waals surface area contributed by atoms with Crippen molar-refractivity contribution in [3.05, 3.63) is 52.7 Å². The highest BCUT2D eigenvalue weighted by molar-refractivity contribution is 7.19. The highest BCUT2D eigenvalue weighted by Gasteiger charge is 2.26. The zero-order valence-corrected chi connectivity index (χ0v) is 16.0. The van der Waals surface area contributed by atoms with E-state index < -0.39 is 0 Å². The Morgan fingerprint density at radius 3 is 2.56 bits per heavy atom. The van der Waals surface area contributed by atoms with E-state index in [-0.39, 0.29) is 5.91 Å². The molecular weight excluding hydrogens is 356 g/mol. The summed E-state index contributed by atoms with van der Waals surface area (Å²) < 4.78 is 0. The third kappa shape index (κ3) is 2.98. The molecule has 1 aromatic carbocycles. The summed E-state index contributed by atoms with van der Waals surface area (Å²) in [7, 11) is 0. The number of rotatable bonds is 2. The number of carbonyl (C=O) groups is 1. The van der Waals surface area contributed by atoms with E-state index in [1.165, 1.54) is 35.1 Å². The minimum atomic E-state index is 0.121. The molecular formula is C21H22N4OS. The minimum absolute atomic E-state index is 0.121. The number of hydrogen-bond acceptors (Lipinski definition) is 5. The van der Waals surface area contributed by atoms with Crippen LogP contribution in [0.1, 0.15) is 33.6 Å². The van der Waals surface area contributed by atoms with Gasteiger partial charge in [-0.3, -0.25) is 4.79 Å². The van der Waals surface area contributed by atoms with Gasteiger partial charge in [-0.1, -0.05) is 18.2 Å². The highest BCUT2D eigenvalue weighted by atomic mass is 32.1. The quantitative estimate of drug-likeness (QED) is 0.684. The van der Waals surface area contributed by atoms with E-state index in [0.717, 1.165) is 48.8 Å². The maximum Gasteiger partial charge on any atom is 0.253 e. The van der Waals surface area contributed by atoms with Gasteiger partial charge in [0.25, 0.3) is 5.91 Å². The Bertz CT molecular complexity index is 977. The second-order valence-corrected chi connectivity index (χ2v) is 8.32. The van der Waals surface area contributed by atoms with Crippen molar-refractivity contribution in [3.8, 4) is 0 Å². The molecule has 6 heteroatoms. The Morgan fingerprint density at radius 1 is 0.963 bits per heavy atom. The van der Waals surface area contributed by atoms with E-state index in [1.54, 1.807) is 6.33 Å². The van der Waals surface area contributed by atoms with Crippen LogP contribution in [0.5, 0.6) is 0 Å². The Balaban J connectivity index is 1.38. The van der Waals surface area contributed by atoms with Crippen molar-refractivity contribution in [1.82, 2.24) is 14.9 Å². The number of hydrogen-bond donors (Lipinski definition) is 0. The van der Waals surface area contributed by atoms with Gasteiger partial charge in [0, 0.05) is 36.6 Å². The van der Waals surface area contributed by atoms with Crippen LogP contribution in [0.4, 0.5) is 5.82 Å². The number of aryl methyl sites for hydroxylation is 2. The maximum absolute atomic E-state index is 12.7. The molecule has 2 aliphatic rings. The largest absolute Gasteiger partial charge is 0.352 e. The average Bonchev–Trinajstić information content (AvgIpc) is 3.13.